The SMILES string of the molecule is CC1(CCl)CC(SCc2ccc(C(F)(F)F)cc2C(F)(F)F)=NO1. The third-order valence-electron chi connectivity index (χ3n) is 3.31. The molecule has 0 fully saturated rings. The zero-order valence-electron chi connectivity index (χ0n) is 12.3. The van der Waals surface area contributed by atoms with Crippen LogP contribution in [0.1, 0.15) is 30.0 Å². The van der Waals surface area contributed by atoms with Gasteiger partial charge in [0.05, 0.1) is 17.0 Å². The van der Waals surface area contributed by atoms with E-state index in [9.17, 15) is 26.3 Å². The summed E-state index contributed by atoms with van der Waals surface area (Å²) in [5, 5.41) is 4.21. The second-order valence-electron chi connectivity index (χ2n) is 5.49. The van der Waals surface area contributed by atoms with Crippen LogP contribution >= 0.6 is 23.4 Å². The van der Waals surface area contributed by atoms with Crippen LogP contribution in [0.15, 0.2) is 23.4 Å². The Balaban J connectivity index is 2.19. The van der Waals surface area contributed by atoms with Gasteiger partial charge in [0, 0.05) is 12.2 Å². The normalized spacial score (nSPS) is 21.6. The molecular weight excluding hydrogens is 380 g/mol. The highest BCUT2D eigenvalue weighted by Gasteiger charge is 2.38. The first-order valence-corrected chi connectivity index (χ1v) is 8.18. The van der Waals surface area contributed by atoms with Gasteiger partial charge in [-0.2, -0.15) is 26.3 Å². The quantitative estimate of drug-likeness (QED) is 0.487. The minimum atomic E-state index is -4.88. The number of halogens is 7. The number of nitrogens with zero attached hydrogens (tertiary/aromatic N) is 1. The lowest BCUT2D eigenvalue weighted by Gasteiger charge is -2.17. The Hall–Kier alpha value is -1.09. The molecule has 0 aliphatic carbocycles. The summed E-state index contributed by atoms with van der Waals surface area (Å²) >= 11 is 6.70. The molecule has 0 N–H and O–H groups in total. The van der Waals surface area contributed by atoms with Crippen molar-refractivity contribution in [2.24, 2.45) is 5.16 Å². The monoisotopic (exact) mass is 391 g/mol. The maximum absolute atomic E-state index is 13.0. The predicted molar refractivity (Wildman–Crippen MR) is 80.0 cm³/mol. The molecule has 0 saturated carbocycles. The van der Waals surface area contributed by atoms with Crippen LogP contribution in [0.25, 0.3) is 0 Å². The van der Waals surface area contributed by atoms with Crippen LogP contribution in [-0.2, 0) is 22.9 Å². The summed E-state index contributed by atoms with van der Waals surface area (Å²) in [5.41, 5.74) is -3.59. The average molecular weight is 392 g/mol. The van der Waals surface area contributed by atoms with Crippen molar-refractivity contribution >= 4 is 28.4 Å². The molecule has 2 nitrogen and oxygen atoms in total. The molecule has 2 rings (SSSR count). The van der Waals surface area contributed by atoms with Crippen LogP contribution in [0.2, 0.25) is 0 Å². The first-order valence-electron chi connectivity index (χ1n) is 6.66. The van der Waals surface area contributed by atoms with Gasteiger partial charge in [0.1, 0.15) is 5.04 Å². The molecule has 0 radical (unpaired) electrons. The lowest BCUT2D eigenvalue weighted by atomic mass is 10.0. The minimum absolute atomic E-state index is 0.131. The van der Waals surface area contributed by atoms with Gasteiger partial charge in [-0.05, 0) is 24.6 Å². The van der Waals surface area contributed by atoms with Crippen molar-refractivity contribution in [2.45, 2.75) is 37.1 Å². The molecule has 1 aliphatic rings. The topological polar surface area (TPSA) is 21.6 Å². The average Bonchev–Trinajstić information content (AvgIpc) is 2.85. The fraction of sp³-hybridized carbons (Fsp3) is 0.500. The standard InChI is InChI=1S/C14H12ClF6NOS/c1-12(7-15)5-11(22-23-12)24-6-8-2-3-9(13(16,17)18)4-10(8)14(19,20)21/h2-4H,5-7H2,1H3. The van der Waals surface area contributed by atoms with Gasteiger partial charge >= 0.3 is 12.4 Å². The maximum atomic E-state index is 13.0. The Morgan fingerprint density at radius 1 is 1.21 bits per heavy atom. The number of thioether (sulfide) groups is 1. The van der Waals surface area contributed by atoms with Gasteiger partial charge in [-0.1, -0.05) is 11.2 Å². The van der Waals surface area contributed by atoms with Crippen molar-refractivity contribution < 1.29 is 31.2 Å². The highest BCUT2D eigenvalue weighted by molar-refractivity contribution is 8.13. The summed E-state index contributed by atoms with van der Waals surface area (Å²) in [4.78, 5) is 5.12. The number of benzene rings is 1. The minimum Gasteiger partial charge on any atom is -0.387 e. The van der Waals surface area contributed by atoms with E-state index < -0.39 is 29.1 Å². The lowest BCUT2D eigenvalue weighted by molar-refractivity contribution is -0.143. The highest BCUT2D eigenvalue weighted by Crippen LogP contribution is 2.39. The Labute approximate surface area is 143 Å². The van der Waals surface area contributed by atoms with Crippen LogP contribution < -0.4 is 0 Å². The molecule has 0 spiro atoms. The third kappa shape index (κ3) is 4.50. The molecule has 1 atom stereocenters. The highest BCUT2D eigenvalue weighted by atomic mass is 35.5. The number of alkyl halides is 7. The van der Waals surface area contributed by atoms with Gasteiger partial charge in [-0.25, -0.2) is 0 Å². The Morgan fingerprint density at radius 3 is 2.38 bits per heavy atom. The van der Waals surface area contributed by atoms with E-state index in [1.165, 1.54) is 0 Å². The van der Waals surface area contributed by atoms with Gasteiger partial charge in [0.15, 0.2) is 5.60 Å². The van der Waals surface area contributed by atoms with E-state index in [0.29, 0.717) is 17.5 Å². The molecule has 0 bridgehead atoms. The van der Waals surface area contributed by atoms with Crippen molar-refractivity contribution in [3.05, 3.63) is 34.9 Å². The van der Waals surface area contributed by atoms with Crippen LogP contribution in [0.5, 0.6) is 0 Å². The second-order valence-corrected chi connectivity index (χ2v) is 6.81. The summed E-state index contributed by atoms with van der Waals surface area (Å²) < 4.78 is 77.0. The van der Waals surface area contributed by atoms with E-state index in [1.54, 1.807) is 6.92 Å². The molecule has 1 aliphatic heterocycles. The molecule has 1 heterocycles. The smallest absolute Gasteiger partial charge is 0.387 e. The Bertz CT molecular complexity index is 645. The predicted octanol–water partition coefficient (Wildman–Crippen LogP) is 5.69. The second kappa shape index (κ2) is 6.67. The number of hydrogen-bond acceptors (Lipinski definition) is 3. The first-order chi connectivity index (χ1) is 10.9. The van der Waals surface area contributed by atoms with E-state index in [-0.39, 0.29) is 23.3 Å². The number of oxime groups is 1. The van der Waals surface area contributed by atoms with Crippen molar-refractivity contribution in [2.75, 3.05) is 5.88 Å². The molecule has 1 aromatic carbocycles. The molecule has 0 aromatic heterocycles. The molecule has 1 aromatic rings. The van der Waals surface area contributed by atoms with Gasteiger partial charge in [0.25, 0.3) is 0 Å². The van der Waals surface area contributed by atoms with E-state index >= 15 is 0 Å². The third-order valence-corrected chi connectivity index (χ3v) is 4.89. The maximum Gasteiger partial charge on any atom is 0.416 e. The summed E-state index contributed by atoms with van der Waals surface area (Å²) in [5.74, 6) is -0.0117. The molecule has 10 heteroatoms. The summed E-state index contributed by atoms with van der Waals surface area (Å²) in [6.07, 6.45) is -9.38. The van der Waals surface area contributed by atoms with Gasteiger partial charge in [-0.3, -0.25) is 0 Å². The van der Waals surface area contributed by atoms with Crippen molar-refractivity contribution in [1.82, 2.24) is 0 Å². The van der Waals surface area contributed by atoms with E-state index in [2.05, 4.69) is 5.16 Å². The first kappa shape index (κ1) is 19.2. The zero-order valence-corrected chi connectivity index (χ0v) is 13.8. The van der Waals surface area contributed by atoms with Crippen molar-refractivity contribution in [3.63, 3.8) is 0 Å². The van der Waals surface area contributed by atoms with Crippen LogP contribution in [0.3, 0.4) is 0 Å². The fourth-order valence-corrected chi connectivity index (χ4v) is 3.21. The van der Waals surface area contributed by atoms with Crippen LogP contribution in [0.4, 0.5) is 26.3 Å². The Kier molecular flexibility index (Phi) is 5.34. The van der Waals surface area contributed by atoms with Crippen molar-refractivity contribution in [3.8, 4) is 0 Å². The van der Waals surface area contributed by atoms with Crippen LogP contribution in [0, 0.1) is 0 Å². The fourth-order valence-electron chi connectivity index (χ4n) is 2.00. The zero-order chi connectivity index (χ0) is 18.2. The van der Waals surface area contributed by atoms with E-state index in [4.69, 9.17) is 16.4 Å². The van der Waals surface area contributed by atoms with Crippen LogP contribution in [-0.4, -0.2) is 16.5 Å². The van der Waals surface area contributed by atoms with Gasteiger partial charge in [-0.15, -0.1) is 23.4 Å². The summed E-state index contributed by atoms with van der Waals surface area (Å²) in [6.45, 7) is 1.70. The molecule has 24 heavy (non-hydrogen) atoms. The van der Waals surface area contributed by atoms with E-state index in [1.807, 2.05) is 0 Å². The number of rotatable bonds is 3. The van der Waals surface area contributed by atoms with Crippen molar-refractivity contribution in [1.29, 1.82) is 0 Å². The van der Waals surface area contributed by atoms with Gasteiger partial charge in [0.2, 0.25) is 0 Å². The Morgan fingerprint density at radius 2 is 1.88 bits per heavy atom. The molecule has 134 valence electrons. The molecule has 0 amide bonds. The molecule has 1 unspecified atom stereocenters. The molecule has 0 saturated heterocycles. The molecular formula is C14H12ClF6NOS. The summed E-state index contributed by atoms with van der Waals surface area (Å²) in [6, 6.07) is 1.61. The van der Waals surface area contributed by atoms with Gasteiger partial charge < -0.3 is 4.84 Å². The van der Waals surface area contributed by atoms with E-state index in [0.717, 1.165) is 17.8 Å². The summed E-state index contributed by atoms with van der Waals surface area (Å²) in [7, 11) is 0. The lowest BCUT2D eigenvalue weighted by Crippen LogP contribution is -2.26. The largest absolute Gasteiger partial charge is 0.416 e. The number of hydrogen-bond donors (Lipinski definition) is 0.